The molecule has 0 spiro atoms. The molecular formula is C32H28ClN3O3. The first-order valence-corrected chi connectivity index (χ1v) is 12.8. The van der Waals surface area contributed by atoms with Crippen molar-refractivity contribution < 1.29 is 10.2 Å². The molecule has 6 nitrogen and oxygen atoms in total. The molecular weight excluding hydrogens is 510 g/mol. The summed E-state index contributed by atoms with van der Waals surface area (Å²) >= 11 is 6.21. The number of aromatic nitrogens is 3. The Morgan fingerprint density at radius 3 is 2.33 bits per heavy atom. The lowest BCUT2D eigenvalue weighted by Crippen LogP contribution is -2.39. The Morgan fingerprint density at radius 1 is 0.949 bits per heavy atom. The predicted molar refractivity (Wildman–Crippen MR) is 155 cm³/mol. The predicted octanol–water partition coefficient (Wildman–Crippen LogP) is 5.00. The van der Waals surface area contributed by atoms with Gasteiger partial charge < -0.3 is 19.3 Å². The summed E-state index contributed by atoms with van der Waals surface area (Å²) in [6, 6.07) is 21.9. The van der Waals surface area contributed by atoms with Crippen molar-refractivity contribution in [1.82, 2.24) is 14.1 Å². The maximum absolute atomic E-state index is 14.3. The van der Waals surface area contributed by atoms with E-state index in [1.54, 1.807) is 73.9 Å². The molecule has 0 saturated carbocycles. The fraction of sp³-hybridized carbons (Fsp3) is 0.188. The second-order valence-electron chi connectivity index (χ2n) is 10.1. The first-order valence-electron chi connectivity index (χ1n) is 12.4. The highest BCUT2D eigenvalue weighted by Gasteiger charge is 2.42. The number of fused-ring (bicyclic) bond motifs is 1. The minimum absolute atomic E-state index is 0.183. The monoisotopic (exact) mass is 537 g/mol. The van der Waals surface area contributed by atoms with E-state index >= 15 is 0 Å². The van der Waals surface area contributed by atoms with Gasteiger partial charge in [0, 0.05) is 35.6 Å². The molecule has 0 aliphatic carbocycles. The van der Waals surface area contributed by atoms with E-state index in [9.17, 15) is 15.0 Å². The van der Waals surface area contributed by atoms with Crippen molar-refractivity contribution in [1.29, 1.82) is 0 Å². The van der Waals surface area contributed by atoms with Gasteiger partial charge in [-0.05, 0) is 55.3 Å². The van der Waals surface area contributed by atoms with Crippen LogP contribution in [0.2, 0.25) is 5.02 Å². The Labute approximate surface area is 231 Å². The Morgan fingerprint density at radius 2 is 1.67 bits per heavy atom. The summed E-state index contributed by atoms with van der Waals surface area (Å²) in [7, 11) is 3.48. The number of nitrogens with zero attached hydrogens (tertiary/aromatic N) is 3. The van der Waals surface area contributed by atoms with Crippen LogP contribution in [-0.4, -0.2) is 29.9 Å². The molecule has 1 atom stereocenters. The van der Waals surface area contributed by atoms with Gasteiger partial charge >= 0.3 is 0 Å². The first-order chi connectivity index (χ1) is 18.5. The number of aryl methyl sites for hydroxylation is 2. The third-order valence-electron chi connectivity index (χ3n) is 6.78. The van der Waals surface area contributed by atoms with Crippen molar-refractivity contribution in [2.24, 2.45) is 14.1 Å². The Bertz CT molecular complexity index is 1820. The molecule has 7 heteroatoms. The average molecular weight is 538 g/mol. The lowest BCUT2D eigenvalue weighted by molar-refractivity contribution is 0.116. The van der Waals surface area contributed by atoms with Crippen LogP contribution in [0.5, 0.6) is 0 Å². The van der Waals surface area contributed by atoms with E-state index in [2.05, 4.69) is 16.8 Å². The van der Waals surface area contributed by atoms with Gasteiger partial charge in [-0.2, -0.15) is 0 Å². The molecule has 0 saturated heterocycles. The molecule has 196 valence electrons. The van der Waals surface area contributed by atoms with E-state index < -0.39 is 11.2 Å². The number of rotatable bonds is 4. The summed E-state index contributed by atoms with van der Waals surface area (Å²) in [5.74, 6) is 5.87. The molecule has 0 radical (unpaired) electrons. The van der Waals surface area contributed by atoms with Crippen molar-refractivity contribution in [3.05, 3.63) is 123 Å². The highest BCUT2D eigenvalue weighted by atomic mass is 35.5. The lowest BCUT2D eigenvalue weighted by atomic mass is 9.79. The second-order valence-corrected chi connectivity index (χ2v) is 10.6. The summed E-state index contributed by atoms with van der Waals surface area (Å²) < 4.78 is 3.27. The minimum Gasteiger partial charge on any atom is -0.378 e. The van der Waals surface area contributed by atoms with Crippen LogP contribution in [0.4, 0.5) is 0 Å². The number of para-hydroxylation sites is 1. The molecule has 3 aromatic carbocycles. The molecule has 0 aliphatic heterocycles. The zero-order chi connectivity index (χ0) is 27.9. The number of benzene rings is 3. The summed E-state index contributed by atoms with van der Waals surface area (Å²) in [4.78, 5) is 18.6. The maximum Gasteiger partial charge on any atom is 0.258 e. The maximum atomic E-state index is 14.3. The van der Waals surface area contributed by atoms with Gasteiger partial charge in [-0.15, -0.1) is 0 Å². The van der Waals surface area contributed by atoms with E-state index in [0.29, 0.717) is 33.0 Å². The van der Waals surface area contributed by atoms with Crippen molar-refractivity contribution in [3.63, 3.8) is 0 Å². The molecule has 5 aromatic rings. The zero-order valence-electron chi connectivity index (χ0n) is 22.1. The lowest BCUT2D eigenvalue weighted by Gasteiger charge is -2.32. The molecule has 1 unspecified atom stereocenters. The number of hydrogen-bond acceptors (Lipinski definition) is 4. The van der Waals surface area contributed by atoms with Gasteiger partial charge in [0.25, 0.3) is 5.56 Å². The fourth-order valence-corrected chi connectivity index (χ4v) is 5.05. The van der Waals surface area contributed by atoms with Crippen LogP contribution in [0.3, 0.4) is 0 Å². The topological polar surface area (TPSA) is 80.3 Å². The Hall–Kier alpha value is -4.15. The van der Waals surface area contributed by atoms with Crippen LogP contribution < -0.4 is 5.56 Å². The van der Waals surface area contributed by atoms with Gasteiger partial charge in [-0.1, -0.05) is 65.9 Å². The molecule has 39 heavy (non-hydrogen) atoms. The van der Waals surface area contributed by atoms with E-state index in [-0.39, 0.29) is 11.1 Å². The molecule has 2 aromatic heterocycles. The SMILES string of the molecule is Cn1cncc1C(O)(c1ccc(Cl)cc1)c1c(-c2cccc(C#CC(C)(C)O)c2)c2ccccc2n(C)c1=O. The Balaban J connectivity index is 1.94. The third-order valence-corrected chi connectivity index (χ3v) is 7.03. The van der Waals surface area contributed by atoms with Gasteiger partial charge in [-0.3, -0.25) is 4.79 Å². The summed E-state index contributed by atoms with van der Waals surface area (Å²) in [6.45, 7) is 3.24. The van der Waals surface area contributed by atoms with Crippen LogP contribution >= 0.6 is 11.6 Å². The first kappa shape index (κ1) is 26.5. The van der Waals surface area contributed by atoms with Crippen LogP contribution in [0.1, 0.15) is 36.2 Å². The van der Waals surface area contributed by atoms with Crippen LogP contribution in [0.15, 0.2) is 90.1 Å². The van der Waals surface area contributed by atoms with Crippen LogP contribution in [0, 0.1) is 11.8 Å². The molecule has 0 aliphatic rings. The molecule has 2 heterocycles. The fourth-order valence-electron chi connectivity index (χ4n) is 4.93. The van der Waals surface area contributed by atoms with Crippen molar-refractivity contribution in [3.8, 4) is 23.0 Å². The summed E-state index contributed by atoms with van der Waals surface area (Å²) in [5, 5.41) is 24.2. The second kappa shape index (κ2) is 9.87. The van der Waals surface area contributed by atoms with Crippen molar-refractivity contribution in [2.45, 2.75) is 25.0 Å². The van der Waals surface area contributed by atoms with E-state index in [1.165, 1.54) is 0 Å². The standard InChI is InChI=1S/C32H28ClN3O3/c1-31(2,38)17-16-21-8-7-9-22(18-21)28-25-10-5-6-11-26(25)36(4)30(37)29(28)32(39,27-19-34-20-35(27)3)23-12-14-24(33)15-13-23/h5-15,18-20,38-39H,1-4H3. The van der Waals surface area contributed by atoms with Gasteiger partial charge in [0.05, 0.1) is 29.3 Å². The normalized spacial score (nSPS) is 13.1. The van der Waals surface area contributed by atoms with E-state index in [1.807, 2.05) is 48.5 Å². The van der Waals surface area contributed by atoms with Gasteiger partial charge in [-0.25, -0.2) is 4.98 Å². The number of pyridine rings is 1. The smallest absolute Gasteiger partial charge is 0.258 e. The van der Waals surface area contributed by atoms with Crippen molar-refractivity contribution in [2.75, 3.05) is 0 Å². The highest BCUT2D eigenvalue weighted by Crippen LogP contribution is 2.42. The van der Waals surface area contributed by atoms with Gasteiger partial charge in [0.1, 0.15) is 5.60 Å². The zero-order valence-corrected chi connectivity index (χ0v) is 22.9. The van der Waals surface area contributed by atoms with Gasteiger partial charge in [0.2, 0.25) is 0 Å². The van der Waals surface area contributed by atoms with Crippen LogP contribution in [0.25, 0.3) is 22.0 Å². The molecule has 5 rings (SSSR count). The molecule has 0 fully saturated rings. The van der Waals surface area contributed by atoms with Crippen LogP contribution in [-0.2, 0) is 19.7 Å². The number of hydrogen-bond donors (Lipinski definition) is 2. The minimum atomic E-state index is -1.88. The van der Waals surface area contributed by atoms with Gasteiger partial charge in [0.15, 0.2) is 5.60 Å². The Kier molecular flexibility index (Phi) is 6.69. The quantitative estimate of drug-likeness (QED) is 0.316. The van der Waals surface area contributed by atoms with Crippen molar-refractivity contribution >= 4 is 22.5 Å². The van der Waals surface area contributed by atoms with E-state index in [4.69, 9.17) is 11.6 Å². The third kappa shape index (κ3) is 4.77. The number of aliphatic hydroxyl groups is 2. The average Bonchev–Trinajstić information content (AvgIpc) is 3.35. The largest absolute Gasteiger partial charge is 0.378 e. The molecule has 2 N–H and O–H groups in total. The number of imidazole rings is 1. The summed E-state index contributed by atoms with van der Waals surface area (Å²) in [5.41, 5.74) is 0.369. The highest BCUT2D eigenvalue weighted by molar-refractivity contribution is 6.30. The molecule has 0 bridgehead atoms. The molecule has 0 amide bonds. The summed E-state index contributed by atoms with van der Waals surface area (Å²) in [6.07, 6.45) is 3.16. The van der Waals surface area contributed by atoms with E-state index in [0.717, 1.165) is 10.9 Å². The number of halogens is 1.